The molecular formula is C18H29NO2. The van der Waals surface area contributed by atoms with Gasteiger partial charge in [0.15, 0.2) is 11.1 Å². The average molecular weight is 291 g/mol. The van der Waals surface area contributed by atoms with Gasteiger partial charge in [0.25, 0.3) is 0 Å². The van der Waals surface area contributed by atoms with Crippen LogP contribution in [0, 0.1) is 4.91 Å². The van der Waals surface area contributed by atoms with Crippen molar-refractivity contribution >= 4 is 0 Å². The van der Waals surface area contributed by atoms with Gasteiger partial charge in [0, 0.05) is 0 Å². The molecule has 0 N–H and O–H groups in total. The van der Waals surface area contributed by atoms with Crippen LogP contribution >= 0.6 is 0 Å². The van der Waals surface area contributed by atoms with E-state index in [1.54, 1.807) is 0 Å². The smallest absolute Gasteiger partial charge is 0.167 e. The van der Waals surface area contributed by atoms with Crippen molar-refractivity contribution in [2.45, 2.75) is 78.6 Å². The van der Waals surface area contributed by atoms with Crippen molar-refractivity contribution in [2.75, 3.05) is 0 Å². The zero-order valence-corrected chi connectivity index (χ0v) is 13.8. The first-order valence-corrected chi connectivity index (χ1v) is 8.41. The standard InChI is InChI=1S/C18H29NO2/c1-4-7-10-15-13-16(11-8-5-2)18(21-19-20)17(14-15)12-9-6-3/h13-14H,4-12H2,1-3H3. The second-order valence-corrected chi connectivity index (χ2v) is 5.72. The van der Waals surface area contributed by atoms with Gasteiger partial charge < -0.3 is 4.84 Å². The van der Waals surface area contributed by atoms with Gasteiger partial charge in [-0.1, -0.05) is 52.2 Å². The number of unbranched alkanes of at least 4 members (excludes halogenated alkanes) is 3. The normalized spacial score (nSPS) is 10.6. The van der Waals surface area contributed by atoms with Gasteiger partial charge in [-0.15, -0.1) is 4.91 Å². The maximum absolute atomic E-state index is 10.6. The van der Waals surface area contributed by atoms with Gasteiger partial charge in [-0.3, -0.25) is 0 Å². The van der Waals surface area contributed by atoms with Crippen molar-refractivity contribution in [1.29, 1.82) is 0 Å². The second-order valence-electron chi connectivity index (χ2n) is 5.72. The highest BCUT2D eigenvalue weighted by Crippen LogP contribution is 2.30. The average Bonchev–Trinajstić information content (AvgIpc) is 2.50. The quantitative estimate of drug-likeness (QED) is 0.383. The number of rotatable bonds is 11. The molecule has 0 saturated carbocycles. The lowest BCUT2D eigenvalue weighted by Crippen LogP contribution is -2.01. The molecule has 0 atom stereocenters. The number of aryl methyl sites for hydroxylation is 3. The Morgan fingerprint density at radius 2 is 1.33 bits per heavy atom. The van der Waals surface area contributed by atoms with Crippen LogP contribution in [0.15, 0.2) is 17.5 Å². The van der Waals surface area contributed by atoms with Crippen LogP contribution in [-0.4, -0.2) is 0 Å². The predicted molar refractivity (Wildman–Crippen MR) is 88.7 cm³/mol. The van der Waals surface area contributed by atoms with Crippen LogP contribution in [0.4, 0.5) is 0 Å². The number of nitrogens with zero attached hydrogens (tertiary/aromatic N) is 1. The molecule has 0 amide bonds. The van der Waals surface area contributed by atoms with E-state index in [2.05, 4.69) is 38.2 Å². The van der Waals surface area contributed by atoms with E-state index in [1.807, 2.05) is 0 Å². The van der Waals surface area contributed by atoms with E-state index in [-0.39, 0.29) is 0 Å². The first kappa shape index (κ1) is 17.7. The molecular weight excluding hydrogens is 262 g/mol. The summed E-state index contributed by atoms with van der Waals surface area (Å²) in [6, 6.07) is 4.42. The van der Waals surface area contributed by atoms with Gasteiger partial charge in [0.2, 0.25) is 0 Å². The lowest BCUT2D eigenvalue weighted by Gasteiger charge is -2.14. The highest BCUT2D eigenvalue weighted by atomic mass is 16.7. The molecule has 0 bridgehead atoms. The molecule has 1 aromatic carbocycles. The lowest BCUT2D eigenvalue weighted by molar-refractivity contribution is 0.326. The van der Waals surface area contributed by atoms with E-state index < -0.39 is 0 Å². The Kier molecular flexibility index (Phi) is 8.72. The first-order chi connectivity index (χ1) is 10.3. The Labute approximate surface area is 129 Å². The van der Waals surface area contributed by atoms with E-state index in [9.17, 15) is 4.91 Å². The van der Waals surface area contributed by atoms with Crippen LogP contribution < -0.4 is 4.84 Å². The number of hydrogen-bond donors (Lipinski definition) is 0. The van der Waals surface area contributed by atoms with Gasteiger partial charge in [-0.05, 0) is 55.2 Å². The minimum absolute atomic E-state index is 0.715. The van der Waals surface area contributed by atoms with Gasteiger partial charge in [0.1, 0.15) is 0 Å². The molecule has 0 fully saturated rings. The molecule has 3 heteroatoms. The Morgan fingerprint density at radius 3 is 1.76 bits per heavy atom. The predicted octanol–water partition coefficient (Wildman–Crippen LogP) is 5.77. The van der Waals surface area contributed by atoms with Gasteiger partial charge >= 0.3 is 0 Å². The number of benzene rings is 1. The molecule has 0 spiro atoms. The summed E-state index contributed by atoms with van der Waals surface area (Å²) in [7, 11) is 0. The van der Waals surface area contributed by atoms with Crippen LogP contribution in [0.1, 0.15) is 76.0 Å². The molecule has 0 aliphatic carbocycles. The lowest BCUT2D eigenvalue weighted by atomic mass is 9.95. The van der Waals surface area contributed by atoms with E-state index in [0.29, 0.717) is 5.75 Å². The molecule has 0 aromatic heterocycles. The van der Waals surface area contributed by atoms with Crippen molar-refractivity contribution in [3.05, 3.63) is 33.7 Å². The maximum atomic E-state index is 10.6. The third-order valence-corrected chi connectivity index (χ3v) is 3.85. The van der Waals surface area contributed by atoms with Crippen molar-refractivity contribution in [1.82, 2.24) is 0 Å². The van der Waals surface area contributed by atoms with Crippen molar-refractivity contribution in [2.24, 2.45) is 5.34 Å². The minimum atomic E-state index is 0.715. The van der Waals surface area contributed by atoms with Crippen molar-refractivity contribution in [3.8, 4) is 5.75 Å². The summed E-state index contributed by atoms with van der Waals surface area (Å²) < 4.78 is 0. The highest BCUT2D eigenvalue weighted by Gasteiger charge is 2.13. The van der Waals surface area contributed by atoms with Crippen molar-refractivity contribution in [3.63, 3.8) is 0 Å². The van der Waals surface area contributed by atoms with E-state index in [4.69, 9.17) is 4.84 Å². The molecule has 0 saturated heterocycles. The first-order valence-electron chi connectivity index (χ1n) is 8.41. The molecule has 118 valence electrons. The third-order valence-electron chi connectivity index (χ3n) is 3.85. The second kappa shape index (κ2) is 10.4. The summed E-state index contributed by atoms with van der Waals surface area (Å²) in [5, 5.41) is 2.69. The summed E-state index contributed by atoms with van der Waals surface area (Å²) in [6.07, 6.45) is 9.91. The Hall–Kier alpha value is -1.38. The fourth-order valence-corrected chi connectivity index (χ4v) is 2.61. The maximum Gasteiger partial charge on any atom is 0.167 e. The monoisotopic (exact) mass is 291 g/mol. The minimum Gasteiger partial charge on any atom is -0.323 e. The van der Waals surface area contributed by atoms with Crippen LogP contribution in [0.2, 0.25) is 0 Å². The van der Waals surface area contributed by atoms with Crippen LogP contribution in [-0.2, 0) is 19.3 Å². The van der Waals surface area contributed by atoms with E-state index in [1.165, 1.54) is 18.4 Å². The van der Waals surface area contributed by atoms with Crippen LogP contribution in [0.25, 0.3) is 0 Å². The van der Waals surface area contributed by atoms with E-state index in [0.717, 1.165) is 56.1 Å². The molecule has 3 nitrogen and oxygen atoms in total. The SMILES string of the molecule is CCCCc1cc(CCCC)c(ON=O)c(CCCC)c1. The van der Waals surface area contributed by atoms with Crippen molar-refractivity contribution < 1.29 is 4.84 Å². The summed E-state index contributed by atoms with van der Waals surface area (Å²) in [5.74, 6) is 0.715. The molecule has 0 aliphatic rings. The Bertz CT molecular complexity index is 400. The number of hydrogen-bond acceptors (Lipinski definition) is 3. The van der Waals surface area contributed by atoms with Gasteiger partial charge in [-0.2, -0.15) is 0 Å². The molecule has 0 heterocycles. The largest absolute Gasteiger partial charge is 0.323 e. The van der Waals surface area contributed by atoms with Gasteiger partial charge in [0.05, 0.1) is 0 Å². The topological polar surface area (TPSA) is 38.7 Å². The molecule has 21 heavy (non-hydrogen) atoms. The third kappa shape index (κ3) is 5.86. The zero-order chi connectivity index (χ0) is 15.5. The summed E-state index contributed by atoms with van der Waals surface area (Å²) in [4.78, 5) is 15.7. The summed E-state index contributed by atoms with van der Waals surface area (Å²) >= 11 is 0. The molecule has 0 aliphatic heterocycles. The Balaban J connectivity index is 3.10. The Morgan fingerprint density at radius 1 is 0.857 bits per heavy atom. The fraction of sp³-hybridized carbons (Fsp3) is 0.667. The molecule has 0 radical (unpaired) electrons. The van der Waals surface area contributed by atoms with E-state index >= 15 is 0 Å². The summed E-state index contributed by atoms with van der Waals surface area (Å²) in [6.45, 7) is 6.57. The van der Waals surface area contributed by atoms with Gasteiger partial charge in [-0.25, -0.2) is 0 Å². The zero-order valence-electron chi connectivity index (χ0n) is 13.8. The molecule has 1 aromatic rings. The summed E-state index contributed by atoms with van der Waals surface area (Å²) in [5.41, 5.74) is 3.67. The van der Waals surface area contributed by atoms with Crippen LogP contribution in [0.3, 0.4) is 0 Å². The molecule has 0 unspecified atom stereocenters. The molecule has 1 rings (SSSR count). The fourth-order valence-electron chi connectivity index (χ4n) is 2.61. The van der Waals surface area contributed by atoms with Crippen LogP contribution in [0.5, 0.6) is 5.75 Å². The highest BCUT2D eigenvalue weighted by molar-refractivity contribution is 5.45.